The average Bonchev–Trinajstić information content (AvgIpc) is 3.06. The predicted octanol–water partition coefficient (Wildman–Crippen LogP) is 3.52. The van der Waals surface area contributed by atoms with Gasteiger partial charge in [-0.3, -0.25) is 9.36 Å². The van der Waals surface area contributed by atoms with Gasteiger partial charge < -0.3 is 0 Å². The zero-order chi connectivity index (χ0) is 21.6. The summed E-state index contributed by atoms with van der Waals surface area (Å²) in [6.45, 7) is -3.10. The van der Waals surface area contributed by atoms with E-state index in [2.05, 4.69) is 5.10 Å². The predicted molar refractivity (Wildman–Crippen MR) is 92.6 cm³/mol. The summed E-state index contributed by atoms with van der Waals surface area (Å²) in [7, 11) is -3.53. The molecule has 0 aliphatic rings. The molecule has 1 aromatic carbocycles. The van der Waals surface area contributed by atoms with Crippen molar-refractivity contribution < 1.29 is 30.4 Å². The van der Waals surface area contributed by atoms with Gasteiger partial charge in [-0.05, 0) is 36.4 Å². The molecule has 154 valence electrons. The number of hydrogen-bond acceptors (Lipinski definition) is 4. The molecule has 0 amide bonds. The first-order valence-corrected chi connectivity index (χ1v) is 9.75. The van der Waals surface area contributed by atoms with Gasteiger partial charge in [0.1, 0.15) is 0 Å². The van der Waals surface area contributed by atoms with Crippen molar-refractivity contribution in [2.24, 2.45) is 0 Å². The second kappa shape index (κ2) is 7.10. The minimum atomic E-state index is -4.80. The standard InChI is InChI=1S/C17H12F5N3O3S/c1-29(27,28)12-4-2-11(3-5-12)25-13(9-14(23-25)17(20,21)22)10-6-7-24(16(18)19)15(26)8-10/h2-9,16H,1H3. The third-order valence-electron chi connectivity index (χ3n) is 3.96. The second-order valence-corrected chi connectivity index (χ2v) is 8.04. The van der Waals surface area contributed by atoms with Crippen LogP contribution in [-0.2, 0) is 16.0 Å². The monoisotopic (exact) mass is 433 g/mol. The van der Waals surface area contributed by atoms with E-state index in [9.17, 15) is 35.2 Å². The molecule has 0 atom stereocenters. The zero-order valence-corrected chi connectivity index (χ0v) is 15.4. The van der Waals surface area contributed by atoms with E-state index < -0.39 is 33.8 Å². The highest BCUT2D eigenvalue weighted by Crippen LogP contribution is 2.33. The molecule has 0 aliphatic carbocycles. The maximum atomic E-state index is 13.2. The summed E-state index contributed by atoms with van der Waals surface area (Å²) in [6.07, 6.45) is -3.06. The van der Waals surface area contributed by atoms with Crippen LogP contribution < -0.4 is 5.56 Å². The summed E-state index contributed by atoms with van der Waals surface area (Å²) in [4.78, 5) is 11.8. The maximum Gasteiger partial charge on any atom is 0.435 e. The lowest BCUT2D eigenvalue weighted by Crippen LogP contribution is -2.19. The Morgan fingerprint density at radius 2 is 1.66 bits per heavy atom. The van der Waals surface area contributed by atoms with Gasteiger partial charge in [-0.2, -0.15) is 27.1 Å². The molecule has 0 fully saturated rings. The lowest BCUT2D eigenvalue weighted by molar-refractivity contribution is -0.141. The first kappa shape index (κ1) is 20.7. The van der Waals surface area contributed by atoms with Gasteiger partial charge in [-0.15, -0.1) is 0 Å². The fourth-order valence-electron chi connectivity index (χ4n) is 2.57. The Balaban J connectivity index is 2.19. The summed E-state index contributed by atoms with van der Waals surface area (Å²) in [5.41, 5.74) is -2.53. The number of benzene rings is 1. The smallest absolute Gasteiger partial charge is 0.269 e. The van der Waals surface area contributed by atoms with Crippen molar-refractivity contribution in [3.63, 3.8) is 0 Å². The summed E-state index contributed by atoms with van der Waals surface area (Å²) in [6, 6.07) is 7.37. The molecule has 0 radical (unpaired) electrons. The second-order valence-electron chi connectivity index (χ2n) is 6.03. The van der Waals surface area contributed by atoms with Gasteiger partial charge >= 0.3 is 12.7 Å². The van der Waals surface area contributed by atoms with Gasteiger partial charge in [-0.25, -0.2) is 13.1 Å². The Labute approximate surface area is 160 Å². The highest BCUT2D eigenvalue weighted by molar-refractivity contribution is 7.90. The van der Waals surface area contributed by atoms with Crippen LogP contribution in [0.4, 0.5) is 22.0 Å². The van der Waals surface area contributed by atoms with Crippen molar-refractivity contribution in [1.82, 2.24) is 14.3 Å². The van der Waals surface area contributed by atoms with Crippen LogP contribution in [0.3, 0.4) is 0 Å². The number of alkyl halides is 5. The van der Waals surface area contributed by atoms with Crippen LogP contribution in [0.1, 0.15) is 12.2 Å². The third kappa shape index (κ3) is 4.21. The Bertz CT molecular complexity index is 1210. The topological polar surface area (TPSA) is 74.0 Å². The molecule has 2 heterocycles. The van der Waals surface area contributed by atoms with Crippen LogP contribution in [0, 0.1) is 0 Å². The van der Waals surface area contributed by atoms with Crippen molar-refractivity contribution in [2.45, 2.75) is 17.6 Å². The number of nitrogens with zero attached hydrogens (tertiary/aromatic N) is 3. The van der Waals surface area contributed by atoms with Crippen molar-refractivity contribution >= 4 is 9.84 Å². The number of pyridine rings is 1. The molecular weight excluding hydrogens is 421 g/mol. The summed E-state index contributed by atoms with van der Waals surface area (Å²) >= 11 is 0. The largest absolute Gasteiger partial charge is 0.435 e. The van der Waals surface area contributed by atoms with E-state index in [1.807, 2.05) is 0 Å². The first-order chi connectivity index (χ1) is 13.4. The fraction of sp³-hybridized carbons (Fsp3) is 0.176. The van der Waals surface area contributed by atoms with Crippen LogP contribution in [0.5, 0.6) is 0 Å². The fourth-order valence-corrected chi connectivity index (χ4v) is 3.20. The highest BCUT2D eigenvalue weighted by atomic mass is 32.2. The molecule has 0 bridgehead atoms. The summed E-state index contributed by atoms with van der Waals surface area (Å²) in [5, 5.41) is 3.49. The molecule has 0 N–H and O–H groups in total. The summed E-state index contributed by atoms with van der Waals surface area (Å²) < 4.78 is 89.1. The Kier molecular flexibility index (Phi) is 5.07. The number of halogens is 5. The molecule has 2 aromatic heterocycles. The average molecular weight is 433 g/mol. The van der Waals surface area contributed by atoms with Gasteiger partial charge in [-0.1, -0.05) is 0 Å². The van der Waals surface area contributed by atoms with E-state index in [4.69, 9.17) is 0 Å². The summed E-state index contributed by atoms with van der Waals surface area (Å²) in [5.74, 6) is 0. The molecule has 3 aromatic rings. The van der Waals surface area contributed by atoms with Crippen molar-refractivity contribution in [3.8, 4) is 16.9 Å². The third-order valence-corrected chi connectivity index (χ3v) is 5.09. The van der Waals surface area contributed by atoms with Crippen LogP contribution >= 0.6 is 0 Å². The van der Waals surface area contributed by atoms with Crippen molar-refractivity contribution in [3.05, 3.63) is 64.7 Å². The molecule has 0 saturated carbocycles. The maximum absolute atomic E-state index is 13.2. The minimum Gasteiger partial charge on any atom is -0.269 e. The molecule has 12 heteroatoms. The molecule has 0 aliphatic heterocycles. The Hall–Kier alpha value is -3.02. The van der Waals surface area contributed by atoms with Gasteiger partial charge in [0.15, 0.2) is 15.5 Å². The van der Waals surface area contributed by atoms with E-state index in [-0.39, 0.29) is 26.4 Å². The molecule has 6 nitrogen and oxygen atoms in total. The molecule has 0 saturated heterocycles. The number of sulfone groups is 1. The van der Waals surface area contributed by atoms with Gasteiger partial charge in [0.25, 0.3) is 5.56 Å². The van der Waals surface area contributed by atoms with Crippen molar-refractivity contribution in [1.29, 1.82) is 0 Å². The number of hydrogen-bond donors (Lipinski definition) is 0. The Morgan fingerprint density at radius 3 is 2.14 bits per heavy atom. The van der Waals surface area contributed by atoms with E-state index in [0.29, 0.717) is 6.07 Å². The molecule has 29 heavy (non-hydrogen) atoms. The molecule has 3 rings (SSSR count). The zero-order valence-electron chi connectivity index (χ0n) is 14.6. The first-order valence-electron chi connectivity index (χ1n) is 7.86. The molecule has 0 unspecified atom stereocenters. The van der Waals surface area contributed by atoms with Gasteiger partial charge in [0.05, 0.1) is 16.3 Å². The quantitative estimate of drug-likeness (QED) is 0.591. The van der Waals surface area contributed by atoms with E-state index in [0.717, 1.165) is 29.3 Å². The Morgan fingerprint density at radius 1 is 1.03 bits per heavy atom. The van der Waals surface area contributed by atoms with Gasteiger partial charge in [0.2, 0.25) is 0 Å². The molecular formula is C17H12F5N3O3S. The van der Waals surface area contributed by atoms with Crippen molar-refractivity contribution in [2.75, 3.05) is 6.26 Å². The van der Waals surface area contributed by atoms with Crippen LogP contribution in [0.25, 0.3) is 16.9 Å². The normalized spacial score (nSPS) is 12.5. The number of aromatic nitrogens is 3. The SMILES string of the molecule is CS(=O)(=O)c1ccc(-n2nc(C(F)(F)F)cc2-c2ccn(C(F)F)c(=O)c2)cc1. The van der Waals surface area contributed by atoms with E-state index >= 15 is 0 Å². The lowest BCUT2D eigenvalue weighted by Gasteiger charge is -2.10. The van der Waals surface area contributed by atoms with E-state index in [1.54, 1.807) is 0 Å². The van der Waals surface area contributed by atoms with Crippen LogP contribution in [0.15, 0.2) is 58.4 Å². The minimum absolute atomic E-state index is 0.0504. The van der Waals surface area contributed by atoms with Crippen LogP contribution in [-0.4, -0.2) is 29.0 Å². The number of rotatable bonds is 4. The van der Waals surface area contributed by atoms with Gasteiger partial charge in [0, 0.05) is 24.1 Å². The molecule has 0 spiro atoms. The van der Waals surface area contributed by atoms with Crippen LogP contribution in [0.2, 0.25) is 0 Å². The van der Waals surface area contributed by atoms with E-state index in [1.165, 1.54) is 24.3 Å². The highest BCUT2D eigenvalue weighted by Gasteiger charge is 2.35. The lowest BCUT2D eigenvalue weighted by atomic mass is 10.1.